The van der Waals surface area contributed by atoms with Gasteiger partial charge in [0.2, 0.25) is 0 Å². The van der Waals surface area contributed by atoms with Crippen LogP contribution in [-0.2, 0) is 11.2 Å². The summed E-state index contributed by atoms with van der Waals surface area (Å²) in [7, 11) is 3.23. The molecule has 5 nitrogen and oxygen atoms in total. The van der Waals surface area contributed by atoms with Crippen molar-refractivity contribution in [2.24, 2.45) is 5.10 Å². The van der Waals surface area contributed by atoms with E-state index in [9.17, 15) is 4.79 Å². The lowest BCUT2D eigenvalue weighted by molar-refractivity contribution is -0.120. The van der Waals surface area contributed by atoms with Crippen molar-refractivity contribution in [1.82, 2.24) is 5.43 Å². The molecule has 0 saturated carbocycles. The van der Waals surface area contributed by atoms with E-state index in [0.717, 1.165) is 28.2 Å². The van der Waals surface area contributed by atoms with E-state index in [2.05, 4.69) is 10.5 Å². The van der Waals surface area contributed by atoms with Crippen molar-refractivity contribution < 1.29 is 14.3 Å². The van der Waals surface area contributed by atoms with Gasteiger partial charge in [0.05, 0.1) is 25.7 Å². The summed E-state index contributed by atoms with van der Waals surface area (Å²) in [5.74, 6) is 1.27. The van der Waals surface area contributed by atoms with Gasteiger partial charge in [0, 0.05) is 21.0 Å². The Balaban J connectivity index is 2.03. The summed E-state index contributed by atoms with van der Waals surface area (Å²) in [6, 6.07) is 11.1. The van der Waals surface area contributed by atoms with E-state index in [4.69, 9.17) is 21.1 Å². The zero-order chi connectivity index (χ0) is 19.8. The van der Waals surface area contributed by atoms with Gasteiger partial charge in [0.1, 0.15) is 11.5 Å². The highest BCUT2D eigenvalue weighted by molar-refractivity contribution is 8.00. The maximum Gasteiger partial charge on any atom is 0.253 e. The van der Waals surface area contributed by atoms with Gasteiger partial charge >= 0.3 is 0 Å². The van der Waals surface area contributed by atoms with Crippen molar-refractivity contribution in [2.75, 3.05) is 14.2 Å². The van der Waals surface area contributed by atoms with E-state index in [-0.39, 0.29) is 11.2 Å². The number of hydrazone groups is 1. The lowest BCUT2D eigenvalue weighted by Gasteiger charge is -2.14. The number of nitrogens with one attached hydrogen (secondary N) is 1. The Bertz CT molecular complexity index is 810. The number of nitrogens with zero attached hydrogens (tertiary/aromatic N) is 1. The summed E-state index contributed by atoms with van der Waals surface area (Å²) in [5.41, 5.74) is 4.31. The highest BCUT2D eigenvalue weighted by atomic mass is 35.5. The smallest absolute Gasteiger partial charge is 0.253 e. The molecule has 0 fully saturated rings. The third-order valence-corrected chi connectivity index (χ3v) is 5.26. The molecule has 0 aliphatic carbocycles. The van der Waals surface area contributed by atoms with Gasteiger partial charge in [-0.1, -0.05) is 18.5 Å². The van der Waals surface area contributed by atoms with Crippen LogP contribution in [0.1, 0.15) is 25.0 Å². The summed E-state index contributed by atoms with van der Waals surface area (Å²) in [5, 5.41) is 4.45. The molecular formula is C20H23ClN2O3S. The van der Waals surface area contributed by atoms with E-state index in [1.54, 1.807) is 32.6 Å². The molecule has 27 heavy (non-hydrogen) atoms. The van der Waals surface area contributed by atoms with Gasteiger partial charge in [-0.15, -0.1) is 11.8 Å². The number of amides is 1. The maximum atomic E-state index is 12.3. The number of thioether (sulfide) groups is 1. The number of halogens is 1. The standard InChI is InChI=1S/C20H23ClN2O3S/c1-5-17-18(25-3)11-6-14(19(17)26-4)12-22-23-20(24)13(2)27-16-9-7-15(21)8-10-16/h6-13H,5H2,1-4H3,(H,23,24). The second-order valence-electron chi connectivity index (χ2n) is 5.67. The molecule has 7 heteroatoms. The van der Waals surface area contributed by atoms with E-state index < -0.39 is 0 Å². The minimum Gasteiger partial charge on any atom is -0.496 e. The first-order valence-corrected chi connectivity index (χ1v) is 9.74. The molecule has 144 valence electrons. The molecule has 1 amide bonds. The molecule has 2 aromatic rings. The Kier molecular flexibility index (Phi) is 8.00. The van der Waals surface area contributed by atoms with Gasteiger partial charge < -0.3 is 9.47 Å². The normalized spacial score (nSPS) is 12.0. The topological polar surface area (TPSA) is 59.9 Å². The first-order chi connectivity index (χ1) is 13.0. The molecule has 0 radical (unpaired) electrons. The molecule has 0 aromatic heterocycles. The number of carbonyl (C=O) groups excluding carboxylic acids is 1. The molecule has 0 bridgehead atoms. The zero-order valence-corrected chi connectivity index (χ0v) is 17.4. The van der Waals surface area contributed by atoms with Crippen LogP contribution in [0.5, 0.6) is 11.5 Å². The van der Waals surface area contributed by atoms with Crippen molar-refractivity contribution in [2.45, 2.75) is 30.4 Å². The van der Waals surface area contributed by atoms with Crippen molar-refractivity contribution in [1.29, 1.82) is 0 Å². The third-order valence-electron chi connectivity index (χ3n) is 3.90. The van der Waals surface area contributed by atoms with Gasteiger partial charge in [0.25, 0.3) is 5.91 Å². The van der Waals surface area contributed by atoms with Crippen LogP contribution in [-0.4, -0.2) is 31.6 Å². The number of benzene rings is 2. The first-order valence-electron chi connectivity index (χ1n) is 8.49. The lowest BCUT2D eigenvalue weighted by Crippen LogP contribution is -2.26. The number of hydrogen-bond donors (Lipinski definition) is 1. The van der Waals surface area contributed by atoms with Crippen LogP contribution < -0.4 is 14.9 Å². The maximum absolute atomic E-state index is 12.3. The van der Waals surface area contributed by atoms with Crippen LogP contribution in [0.2, 0.25) is 5.02 Å². The Morgan fingerprint density at radius 2 is 1.93 bits per heavy atom. The molecule has 0 aliphatic rings. The average molecular weight is 407 g/mol. The quantitative estimate of drug-likeness (QED) is 0.397. The summed E-state index contributed by atoms with van der Waals surface area (Å²) < 4.78 is 10.9. The van der Waals surface area contributed by atoms with E-state index in [0.29, 0.717) is 10.8 Å². The number of hydrogen-bond acceptors (Lipinski definition) is 5. The van der Waals surface area contributed by atoms with Gasteiger partial charge in [-0.3, -0.25) is 4.79 Å². The van der Waals surface area contributed by atoms with Crippen molar-refractivity contribution in [3.63, 3.8) is 0 Å². The molecular weight excluding hydrogens is 384 g/mol. The molecule has 1 N–H and O–H groups in total. The Morgan fingerprint density at radius 1 is 1.22 bits per heavy atom. The Labute approximate surface area is 169 Å². The fraction of sp³-hybridized carbons (Fsp3) is 0.300. The van der Waals surface area contributed by atoms with Crippen LogP contribution in [0, 0.1) is 0 Å². The first kappa shape index (κ1) is 21.1. The molecule has 0 spiro atoms. The van der Waals surface area contributed by atoms with E-state index in [1.165, 1.54) is 11.8 Å². The number of carbonyl (C=O) groups is 1. The minimum absolute atomic E-state index is 0.186. The van der Waals surface area contributed by atoms with Gasteiger partial charge in [-0.25, -0.2) is 5.43 Å². The van der Waals surface area contributed by atoms with Crippen LogP contribution in [0.25, 0.3) is 0 Å². The summed E-state index contributed by atoms with van der Waals surface area (Å²) in [4.78, 5) is 13.2. The van der Waals surface area contributed by atoms with Crippen LogP contribution >= 0.6 is 23.4 Å². The SMILES string of the molecule is CCc1c(OC)ccc(C=NNC(=O)C(C)Sc2ccc(Cl)cc2)c1OC. The van der Waals surface area contributed by atoms with E-state index >= 15 is 0 Å². The highest BCUT2D eigenvalue weighted by Gasteiger charge is 2.15. The molecule has 0 saturated heterocycles. The fourth-order valence-corrected chi connectivity index (χ4v) is 3.51. The van der Waals surface area contributed by atoms with E-state index in [1.807, 2.05) is 38.1 Å². The summed E-state index contributed by atoms with van der Waals surface area (Å²) >= 11 is 7.32. The second kappa shape index (κ2) is 10.2. The minimum atomic E-state index is -0.299. The second-order valence-corrected chi connectivity index (χ2v) is 7.52. The zero-order valence-electron chi connectivity index (χ0n) is 15.8. The summed E-state index contributed by atoms with van der Waals surface area (Å²) in [6.45, 7) is 3.85. The van der Waals surface area contributed by atoms with Crippen molar-refractivity contribution in [3.05, 3.63) is 52.5 Å². The highest BCUT2D eigenvalue weighted by Crippen LogP contribution is 2.31. The number of rotatable bonds is 8. The van der Waals surface area contributed by atoms with Gasteiger partial charge in [-0.2, -0.15) is 5.10 Å². The predicted octanol–water partition coefficient (Wildman–Crippen LogP) is 4.55. The molecule has 2 rings (SSSR count). The van der Waals surface area contributed by atoms with Gasteiger partial charge in [0.15, 0.2) is 0 Å². The molecule has 0 aliphatic heterocycles. The largest absolute Gasteiger partial charge is 0.496 e. The molecule has 1 unspecified atom stereocenters. The van der Waals surface area contributed by atoms with Crippen molar-refractivity contribution >= 4 is 35.5 Å². The van der Waals surface area contributed by atoms with Crippen molar-refractivity contribution in [3.8, 4) is 11.5 Å². The number of methoxy groups -OCH3 is 2. The van der Waals surface area contributed by atoms with Crippen LogP contribution in [0.15, 0.2) is 46.4 Å². The molecule has 0 heterocycles. The van der Waals surface area contributed by atoms with Crippen LogP contribution in [0.4, 0.5) is 0 Å². The monoisotopic (exact) mass is 406 g/mol. The molecule has 1 atom stereocenters. The fourth-order valence-electron chi connectivity index (χ4n) is 2.52. The third kappa shape index (κ3) is 5.65. The van der Waals surface area contributed by atoms with Crippen LogP contribution in [0.3, 0.4) is 0 Å². The average Bonchev–Trinajstić information content (AvgIpc) is 2.68. The van der Waals surface area contributed by atoms with Gasteiger partial charge in [-0.05, 0) is 49.7 Å². The molecule has 2 aromatic carbocycles. The Morgan fingerprint density at radius 3 is 2.52 bits per heavy atom. The summed E-state index contributed by atoms with van der Waals surface area (Å²) in [6.07, 6.45) is 2.34. The lowest BCUT2D eigenvalue weighted by atomic mass is 10.1. The predicted molar refractivity (Wildman–Crippen MR) is 111 cm³/mol. The number of ether oxygens (including phenoxy) is 2. The Hall–Kier alpha value is -2.18.